The van der Waals surface area contributed by atoms with E-state index in [0.29, 0.717) is 13.2 Å². The topological polar surface area (TPSA) is 31.4 Å². The molecule has 0 amide bonds. The second-order valence-electron chi connectivity index (χ2n) is 8.25. The minimum atomic E-state index is 0.465. The Bertz CT molecular complexity index is 1340. The van der Waals surface area contributed by atoms with Gasteiger partial charge in [0, 0.05) is 17.0 Å². The molecule has 0 N–H and O–H groups in total. The van der Waals surface area contributed by atoms with Crippen LogP contribution in [0.3, 0.4) is 0 Å². The van der Waals surface area contributed by atoms with E-state index in [4.69, 9.17) is 9.47 Å². The van der Waals surface area contributed by atoms with Gasteiger partial charge < -0.3 is 9.47 Å². The van der Waals surface area contributed by atoms with E-state index in [9.17, 15) is 0 Å². The molecule has 5 rings (SSSR count). The summed E-state index contributed by atoms with van der Waals surface area (Å²) in [7, 11) is 0. The summed E-state index contributed by atoms with van der Waals surface area (Å²) in [5.41, 5.74) is 4.35. The van der Waals surface area contributed by atoms with Gasteiger partial charge in [0.2, 0.25) is 0 Å². The van der Waals surface area contributed by atoms with Crippen LogP contribution < -0.4 is 9.47 Å². The minimum absolute atomic E-state index is 0.465. The number of allylic oxidation sites excluding steroid dienone is 5. The van der Waals surface area contributed by atoms with Crippen molar-refractivity contribution < 1.29 is 9.47 Å². The number of aromatic nitrogens is 1. The van der Waals surface area contributed by atoms with Crippen LogP contribution in [-0.4, -0.2) is 4.98 Å². The Morgan fingerprint density at radius 2 is 1.44 bits per heavy atom. The van der Waals surface area contributed by atoms with Crippen LogP contribution in [0.2, 0.25) is 0 Å². The van der Waals surface area contributed by atoms with E-state index in [1.54, 1.807) is 0 Å². The minimum Gasteiger partial charge on any atom is -0.485 e. The van der Waals surface area contributed by atoms with Gasteiger partial charge in [0.1, 0.15) is 13.2 Å². The molecule has 0 fully saturated rings. The number of pyridine rings is 1. The number of fused-ring (bicyclic) bond motifs is 1. The van der Waals surface area contributed by atoms with Crippen LogP contribution in [0.1, 0.15) is 29.7 Å². The highest BCUT2D eigenvalue weighted by atomic mass is 16.5. The summed E-state index contributed by atoms with van der Waals surface area (Å²) in [6.07, 6.45) is 14.9. The molecule has 0 aliphatic heterocycles. The first kappa shape index (κ1) is 21.7. The third kappa shape index (κ3) is 5.26. The summed E-state index contributed by atoms with van der Waals surface area (Å²) in [6.45, 7) is 0.944. The lowest BCUT2D eigenvalue weighted by atomic mass is 10.0. The Kier molecular flexibility index (Phi) is 6.82. The first-order chi connectivity index (χ1) is 16.9. The quantitative estimate of drug-likeness (QED) is 0.279. The lowest BCUT2D eigenvalue weighted by Crippen LogP contribution is -2.02. The Morgan fingerprint density at radius 1 is 0.706 bits per heavy atom. The number of rotatable bonds is 8. The molecule has 1 aliphatic carbocycles. The standard InChI is InChI=1S/C31H27NO2/c1-4-10-24(11-5-1)16-18-29-27-17-19-30(33-22-25-12-6-2-7-13-25)31(28(27)20-21-32-29)34-23-26-14-8-3-9-15-26/h2-4,6-21H,1,5,22-23H2. The molecule has 3 nitrogen and oxygen atoms in total. The molecule has 168 valence electrons. The molecule has 0 spiro atoms. The van der Waals surface area contributed by atoms with Crippen molar-refractivity contribution in [2.24, 2.45) is 0 Å². The van der Waals surface area contributed by atoms with Crippen molar-refractivity contribution in [3.8, 4) is 11.5 Å². The summed E-state index contributed by atoms with van der Waals surface area (Å²) in [6, 6.07) is 26.4. The molecule has 1 aromatic heterocycles. The smallest absolute Gasteiger partial charge is 0.169 e. The Labute approximate surface area is 200 Å². The van der Waals surface area contributed by atoms with Crippen LogP contribution in [0, 0.1) is 0 Å². The molecule has 3 heteroatoms. The molecule has 0 atom stereocenters. The van der Waals surface area contributed by atoms with E-state index in [2.05, 4.69) is 65.7 Å². The fourth-order valence-corrected chi connectivity index (χ4v) is 4.02. The van der Waals surface area contributed by atoms with E-state index in [0.717, 1.165) is 51.9 Å². The fourth-order valence-electron chi connectivity index (χ4n) is 4.02. The summed E-state index contributed by atoms with van der Waals surface area (Å²) in [4.78, 5) is 4.64. The normalized spacial score (nSPS) is 13.2. The third-order valence-corrected chi connectivity index (χ3v) is 5.81. The summed E-state index contributed by atoms with van der Waals surface area (Å²) in [5, 5.41) is 2.03. The predicted octanol–water partition coefficient (Wildman–Crippen LogP) is 7.68. The van der Waals surface area contributed by atoms with Crippen LogP contribution in [0.15, 0.2) is 115 Å². The lowest BCUT2D eigenvalue weighted by molar-refractivity contribution is 0.259. The summed E-state index contributed by atoms with van der Waals surface area (Å²) >= 11 is 0. The Balaban J connectivity index is 1.49. The van der Waals surface area contributed by atoms with Crippen molar-refractivity contribution in [3.63, 3.8) is 0 Å². The van der Waals surface area contributed by atoms with Crippen molar-refractivity contribution in [3.05, 3.63) is 132 Å². The highest BCUT2D eigenvalue weighted by molar-refractivity contribution is 5.95. The number of ether oxygens (including phenoxy) is 2. The van der Waals surface area contributed by atoms with Crippen LogP contribution in [0.25, 0.3) is 16.8 Å². The van der Waals surface area contributed by atoms with E-state index < -0.39 is 0 Å². The van der Waals surface area contributed by atoms with Crippen molar-refractivity contribution >= 4 is 16.8 Å². The zero-order valence-corrected chi connectivity index (χ0v) is 19.1. The maximum Gasteiger partial charge on any atom is 0.169 e. The maximum absolute atomic E-state index is 6.37. The number of hydrogen-bond donors (Lipinski definition) is 0. The van der Waals surface area contributed by atoms with Crippen LogP contribution in [0.4, 0.5) is 0 Å². The van der Waals surface area contributed by atoms with Gasteiger partial charge in [-0.3, -0.25) is 4.98 Å². The molecular formula is C31H27NO2. The van der Waals surface area contributed by atoms with Crippen LogP contribution in [0.5, 0.6) is 11.5 Å². The zero-order valence-electron chi connectivity index (χ0n) is 19.1. The zero-order chi connectivity index (χ0) is 23.0. The number of benzene rings is 3. The summed E-state index contributed by atoms with van der Waals surface area (Å²) < 4.78 is 12.6. The van der Waals surface area contributed by atoms with E-state index >= 15 is 0 Å². The van der Waals surface area contributed by atoms with Gasteiger partial charge in [0.05, 0.1) is 5.69 Å². The highest BCUT2D eigenvalue weighted by Crippen LogP contribution is 2.38. The second-order valence-corrected chi connectivity index (χ2v) is 8.25. The molecule has 0 saturated carbocycles. The molecule has 4 aromatic rings. The largest absolute Gasteiger partial charge is 0.485 e. The first-order valence-electron chi connectivity index (χ1n) is 11.7. The van der Waals surface area contributed by atoms with Crippen molar-refractivity contribution in [1.82, 2.24) is 4.98 Å². The van der Waals surface area contributed by atoms with E-state index in [1.165, 1.54) is 5.57 Å². The molecule has 34 heavy (non-hydrogen) atoms. The van der Waals surface area contributed by atoms with Crippen LogP contribution in [-0.2, 0) is 13.2 Å². The SMILES string of the molecule is C1=CC(C=Cc2nccc3c(OCc4ccccc4)c(OCc4ccccc4)ccc23)=CCC1. The highest BCUT2D eigenvalue weighted by Gasteiger charge is 2.14. The van der Waals surface area contributed by atoms with E-state index in [-0.39, 0.29) is 0 Å². The molecule has 0 saturated heterocycles. The lowest BCUT2D eigenvalue weighted by Gasteiger charge is -2.16. The van der Waals surface area contributed by atoms with Gasteiger partial charge in [-0.1, -0.05) is 85.0 Å². The second kappa shape index (κ2) is 10.7. The molecule has 1 aliphatic rings. The molecule has 0 radical (unpaired) electrons. The van der Waals surface area contributed by atoms with Gasteiger partial charge in [-0.2, -0.15) is 0 Å². The van der Waals surface area contributed by atoms with Crippen molar-refractivity contribution in [2.75, 3.05) is 0 Å². The van der Waals surface area contributed by atoms with E-state index in [1.807, 2.05) is 54.7 Å². The van der Waals surface area contributed by atoms with Crippen LogP contribution >= 0.6 is 0 Å². The molecule has 0 bridgehead atoms. The maximum atomic E-state index is 6.37. The first-order valence-corrected chi connectivity index (χ1v) is 11.7. The molecule has 0 unspecified atom stereocenters. The Morgan fingerprint density at radius 3 is 2.15 bits per heavy atom. The van der Waals surface area contributed by atoms with Gasteiger partial charge in [-0.05, 0) is 53.8 Å². The predicted molar refractivity (Wildman–Crippen MR) is 139 cm³/mol. The average Bonchev–Trinajstić information content (AvgIpc) is 2.91. The van der Waals surface area contributed by atoms with Gasteiger partial charge in [0.25, 0.3) is 0 Å². The number of nitrogens with zero attached hydrogens (tertiary/aromatic N) is 1. The molecular weight excluding hydrogens is 418 g/mol. The monoisotopic (exact) mass is 445 g/mol. The molecule has 3 aromatic carbocycles. The van der Waals surface area contributed by atoms with Crippen molar-refractivity contribution in [1.29, 1.82) is 0 Å². The number of hydrogen-bond acceptors (Lipinski definition) is 3. The Hall–Kier alpha value is -4.11. The third-order valence-electron chi connectivity index (χ3n) is 5.81. The van der Waals surface area contributed by atoms with Gasteiger partial charge >= 0.3 is 0 Å². The van der Waals surface area contributed by atoms with Gasteiger partial charge in [-0.15, -0.1) is 0 Å². The average molecular weight is 446 g/mol. The van der Waals surface area contributed by atoms with Crippen molar-refractivity contribution in [2.45, 2.75) is 26.1 Å². The van der Waals surface area contributed by atoms with Gasteiger partial charge in [0.15, 0.2) is 11.5 Å². The summed E-state index contributed by atoms with van der Waals surface area (Å²) in [5.74, 6) is 1.47. The fraction of sp³-hybridized carbons (Fsp3) is 0.129. The molecule has 1 heterocycles. The van der Waals surface area contributed by atoms with Gasteiger partial charge in [-0.25, -0.2) is 0 Å².